The van der Waals surface area contributed by atoms with E-state index in [2.05, 4.69) is 30.8 Å². The van der Waals surface area contributed by atoms with Crippen molar-refractivity contribution in [2.75, 3.05) is 11.9 Å². The highest BCUT2D eigenvalue weighted by Gasteiger charge is 2.41. The van der Waals surface area contributed by atoms with E-state index in [0.29, 0.717) is 0 Å². The molecule has 3 aromatic heterocycles. The van der Waals surface area contributed by atoms with E-state index in [4.69, 9.17) is 0 Å². The lowest BCUT2D eigenvalue weighted by Gasteiger charge is -2.08. The summed E-state index contributed by atoms with van der Waals surface area (Å²) in [7, 11) is 0. The summed E-state index contributed by atoms with van der Waals surface area (Å²) in [6.45, 7) is 0.319. The van der Waals surface area contributed by atoms with Crippen LogP contribution in [0.2, 0.25) is 0 Å². The lowest BCUT2D eigenvalue weighted by atomic mass is 10.2. The van der Waals surface area contributed by atoms with Crippen molar-refractivity contribution in [3.8, 4) is 5.82 Å². The second kappa shape index (κ2) is 8.13. The standard InChI is InChI=1S/C18H16F6N8O/c1-9-2-13(18(22,23)24)29-31(9)6-14(33)28-10-3-11(19)16(25-5-10)32-8-27-15(30-32)12-4-17(20,21)7-26-12/h2-3,5,8,12,26H,4,6-7H2,1H3,(H,28,33). The fourth-order valence-electron chi connectivity index (χ4n) is 3.25. The summed E-state index contributed by atoms with van der Waals surface area (Å²) in [5.74, 6) is -4.76. The van der Waals surface area contributed by atoms with Crippen molar-refractivity contribution in [1.29, 1.82) is 0 Å². The number of hydrogen-bond acceptors (Lipinski definition) is 6. The molecule has 4 heterocycles. The van der Waals surface area contributed by atoms with Gasteiger partial charge in [-0.15, -0.1) is 5.10 Å². The van der Waals surface area contributed by atoms with Crippen molar-refractivity contribution in [1.82, 2.24) is 34.8 Å². The van der Waals surface area contributed by atoms with Gasteiger partial charge in [0.15, 0.2) is 23.2 Å². The van der Waals surface area contributed by atoms with E-state index in [1.54, 1.807) is 0 Å². The Bertz CT molecular complexity index is 1190. The Morgan fingerprint density at radius 1 is 1.27 bits per heavy atom. The normalized spacial score (nSPS) is 18.0. The molecular formula is C18H16F6N8O. The van der Waals surface area contributed by atoms with E-state index >= 15 is 0 Å². The molecule has 9 nitrogen and oxygen atoms in total. The number of amides is 1. The molecule has 1 fully saturated rings. The van der Waals surface area contributed by atoms with Gasteiger partial charge >= 0.3 is 6.18 Å². The van der Waals surface area contributed by atoms with Gasteiger partial charge in [-0.3, -0.25) is 9.48 Å². The summed E-state index contributed by atoms with van der Waals surface area (Å²) in [5.41, 5.74) is -1.07. The highest BCUT2D eigenvalue weighted by molar-refractivity contribution is 5.90. The van der Waals surface area contributed by atoms with Crippen molar-refractivity contribution in [2.24, 2.45) is 0 Å². The van der Waals surface area contributed by atoms with Crippen LogP contribution in [-0.4, -0.2) is 47.9 Å². The topological polar surface area (TPSA) is 103 Å². The van der Waals surface area contributed by atoms with Crippen LogP contribution < -0.4 is 10.6 Å². The number of pyridine rings is 1. The molecule has 1 saturated heterocycles. The summed E-state index contributed by atoms with van der Waals surface area (Å²) in [6.07, 6.45) is -2.91. The second-order valence-electron chi connectivity index (χ2n) is 7.44. The van der Waals surface area contributed by atoms with E-state index in [9.17, 15) is 31.1 Å². The number of rotatable bonds is 5. The number of aryl methyl sites for hydroxylation is 1. The first-order valence-electron chi connectivity index (χ1n) is 9.51. The minimum atomic E-state index is -4.65. The summed E-state index contributed by atoms with van der Waals surface area (Å²) in [4.78, 5) is 19.9. The van der Waals surface area contributed by atoms with Gasteiger partial charge in [-0.25, -0.2) is 23.1 Å². The maximum absolute atomic E-state index is 14.5. The first-order chi connectivity index (χ1) is 15.4. The van der Waals surface area contributed by atoms with Crippen LogP contribution in [0.3, 0.4) is 0 Å². The quantitative estimate of drug-likeness (QED) is 0.552. The third kappa shape index (κ3) is 4.97. The number of nitrogens with one attached hydrogen (secondary N) is 2. The average Bonchev–Trinajstić information content (AvgIpc) is 3.41. The smallest absolute Gasteiger partial charge is 0.323 e. The van der Waals surface area contributed by atoms with E-state index in [1.165, 1.54) is 6.92 Å². The summed E-state index contributed by atoms with van der Waals surface area (Å²) in [6, 6.07) is 0.949. The zero-order chi connectivity index (χ0) is 24.0. The van der Waals surface area contributed by atoms with Gasteiger partial charge < -0.3 is 10.6 Å². The van der Waals surface area contributed by atoms with Crippen LogP contribution in [-0.2, 0) is 17.5 Å². The molecule has 0 saturated carbocycles. The van der Waals surface area contributed by atoms with Crippen molar-refractivity contribution in [3.05, 3.63) is 47.7 Å². The third-order valence-electron chi connectivity index (χ3n) is 4.82. The fraction of sp³-hybridized carbons (Fsp3) is 0.389. The predicted molar refractivity (Wildman–Crippen MR) is 100 cm³/mol. The molecule has 1 amide bonds. The summed E-state index contributed by atoms with van der Waals surface area (Å²) < 4.78 is 81.3. The van der Waals surface area contributed by atoms with Crippen LogP contribution in [0, 0.1) is 12.7 Å². The van der Waals surface area contributed by atoms with E-state index in [1.807, 2.05) is 0 Å². The van der Waals surface area contributed by atoms with E-state index in [-0.39, 0.29) is 23.0 Å². The molecule has 1 unspecified atom stereocenters. The molecule has 176 valence electrons. The van der Waals surface area contributed by atoms with Crippen molar-refractivity contribution in [2.45, 2.75) is 38.0 Å². The molecular weight excluding hydrogens is 458 g/mol. The van der Waals surface area contributed by atoms with Gasteiger partial charge in [0.1, 0.15) is 12.9 Å². The molecule has 1 atom stereocenters. The number of hydrogen-bond donors (Lipinski definition) is 2. The number of anilines is 1. The number of alkyl halides is 5. The highest BCUT2D eigenvalue weighted by atomic mass is 19.4. The predicted octanol–water partition coefficient (Wildman–Crippen LogP) is 2.63. The summed E-state index contributed by atoms with van der Waals surface area (Å²) >= 11 is 0. The van der Waals surface area contributed by atoms with Gasteiger partial charge in [0.2, 0.25) is 5.91 Å². The van der Waals surface area contributed by atoms with E-state index in [0.717, 1.165) is 34.0 Å². The van der Waals surface area contributed by atoms with Crippen LogP contribution in [0.15, 0.2) is 24.7 Å². The van der Waals surface area contributed by atoms with Crippen molar-refractivity contribution < 1.29 is 31.1 Å². The number of carbonyl (C=O) groups excluding carboxylic acids is 1. The van der Waals surface area contributed by atoms with Gasteiger partial charge in [0.05, 0.1) is 24.5 Å². The molecule has 2 N–H and O–H groups in total. The lowest BCUT2D eigenvalue weighted by molar-refractivity contribution is -0.141. The first-order valence-corrected chi connectivity index (χ1v) is 9.51. The van der Waals surface area contributed by atoms with Gasteiger partial charge in [0.25, 0.3) is 5.92 Å². The Hall–Kier alpha value is -3.49. The molecule has 0 aromatic carbocycles. The average molecular weight is 474 g/mol. The summed E-state index contributed by atoms with van der Waals surface area (Å²) in [5, 5.41) is 12.2. The third-order valence-corrected chi connectivity index (χ3v) is 4.82. The molecule has 15 heteroatoms. The number of carbonyl (C=O) groups is 1. The largest absolute Gasteiger partial charge is 0.435 e. The maximum Gasteiger partial charge on any atom is 0.435 e. The van der Waals surface area contributed by atoms with Gasteiger partial charge in [-0.05, 0) is 13.0 Å². The van der Waals surface area contributed by atoms with Gasteiger partial charge in [-0.2, -0.15) is 23.0 Å². The van der Waals surface area contributed by atoms with Gasteiger partial charge in [0, 0.05) is 18.2 Å². The number of nitrogens with zero attached hydrogens (tertiary/aromatic N) is 6. The molecule has 3 aromatic rings. The number of aromatic nitrogens is 6. The zero-order valence-corrected chi connectivity index (χ0v) is 16.9. The molecule has 1 aliphatic rings. The Kier molecular flexibility index (Phi) is 5.59. The molecule has 0 aliphatic carbocycles. The fourth-order valence-corrected chi connectivity index (χ4v) is 3.25. The Morgan fingerprint density at radius 3 is 2.64 bits per heavy atom. The molecule has 0 spiro atoms. The number of halogens is 6. The molecule has 33 heavy (non-hydrogen) atoms. The van der Waals surface area contributed by atoms with Crippen LogP contribution in [0.1, 0.15) is 29.7 Å². The molecule has 0 bridgehead atoms. The molecule has 4 rings (SSSR count). The zero-order valence-electron chi connectivity index (χ0n) is 16.9. The Morgan fingerprint density at radius 2 is 2.03 bits per heavy atom. The van der Waals surface area contributed by atoms with E-state index < -0.39 is 55.1 Å². The monoisotopic (exact) mass is 474 g/mol. The minimum absolute atomic E-state index is 0.0542. The minimum Gasteiger partial charge on any atom is -0.323 e. The van der Waals surface area contributed by atoms with Crippen LogP contribution in [0.5, 0.6) is 0 Å². The second-order valence-corrected chi connectivity index (χ2v) is 7.44. The van der Waals surface area contributed by atoms with Crippen LogP contribution >= 0.6 is 0 Å². The van der Waals surface area contributed by atoms with Gasteiger partial charge in [-0.1, -0.05) is 0 Å². The highest BCUT2D eigenvalue weighted by Crippen LogP contribution is 2.32. The van der Waals surface area contributed by atoms with Crippen molar-refractivity contribution in [3.63, 3.8) is 0 Å². The first kappa shape index (κ1) is 22.7. The maximum atomic E-state index is 14.5. The van der Waals surface area contributed by atoms with Crippen LogP contribution in [0.4, 0.5) is 32.0 Å². The Balaban J connectivity index is 1.43. The van der Waals surface area contributed by atoms with Crippen molar-refractivity contribution >= 4 is 11.6 Å². The van der Waals surface area contributed by atoms with Crippen LogP contribution in [0.25, 0.3) is 5.82 Å². The lowest BCUT2D eigenvalue weighted by Crippen LogP contribution is -2.21. The Labute approximate surface area is 181 Å². The molecule has 0 radical (unpaired) electrons. The molecule has 1 aliphatic heterocycles. The SMILES string of the molecule is Cc1cc(C(F)(F)F)nn1CC(=O)Nc1cnc(-n2cnc(C3CC(F)(F)CN3)n2)c(F)c1.